The number of aryl methyl sites for hydroxylation is 1. The Labute approximate surface area is 107 Å². The van der Waals surface area contributed by atoms with Gasteiger partial charge in [-0.1, -0.05) is 13.8 Å². The summed E-state index contributed by atoms with van der Waals surface area (Å²) in [5.74, 6) is 0.490. The third kappa shape index (κ3) is 3.43. The van der Waals surface area contributed by atoms with Gasteiger partial charge in [0.2, 0.25) is 0 Å². The average Bonchev–Trinajstić information content (AvgIpc) is 2.37. The molecule has 5 heteroatoms. The van der Waals surface area contributed by atoms with Crippen LogP contribution in [-0.4, -0.2) is 17.1 Å². The molecule has 1 aromatic rings. The molecule has 0 amide bonds. The molecule has 0 bridgehead atoms. The van der Waals surface area contributed by atoms with E-state index in [2.05, 4.69) is 0 Å². The minimum absolute atomic E-state index is 0.0723. The second-order valence-corrected chi connectivity index (χ2v) is 4.56. The van der Waals surface area contributed by atoms with Crippen molar-refractivity contribution in [3.63, 3.8) is 0 Å². The predicted octanol–water partition coefficient (Wildman–Crippen LogP) is 2.80. The first-order valence-electron chi connectivity index (χ1n) is 6.08. The smallest absolute Gasteiger partial charge is 0.276 e. The first kappa shape index (κ1) is 14.4. The summed E-state index contributed by atoms with van der Waals surface area (Å²) >= 11 is 0. The Bertz CT molecular complexity index is 428. The number of hydrogen-bond donors (Lipinski definition) is 1. The molecule has 0 aromatic heterocycles. The summed E-state index contributed by atoms with van der Waals surface area (Å²) in [6.07, 6.45) is 1.61. The Kier molecular flexibility index (Phi) is 4.67. The lowest BCUT2D eigenvalue weighted by atomic mass is 9.96. The number of nitro benzene ring substituents is 1. The molecule has 0 aliphatic heterocycles. The Morgan fingerprint density at radius 2 is 2.00 bits per heavy atom. The molecule has 0 unspecified atom stereocenters. The van der Waals surface area contributed by atoms with Gasteiger partial charge in [-0.25, -0.2) is 0 Å². The van der Waals surface area contributed by atoms with Crippen molar-refractivity contribution < 1.29 is 9.66 Å². The van der Waals surface area contributed by atoms with Gasteiger partial charge in [0.15, 0.2) is 0 Å². The zero-order chi connectivity index (χ0) is 13.8. The van der Waals surface area contributed by atoms with E-state index in [1.807, 2.05) is 13.8 Å². The van der Waals surface area contributed by atoms with Crippen molar-refractivity contribution in [2.45, 2.75) is 39.2 Å². The first-order valence-corrected chi connectivity index (χ1v) is 6.08. The molecule has 0 spiro atoms. The molecule has 18 heavy (non-hydrogen) atoms. The second-order valence-electron chi connectivity index (χ2n) is 4.56. The lowest BCUT2D eigenvalue weighted by molar-refractivity contribution is -0.385. The van der Waals surface area contributed by atoms with Crippen molar-refractivity contribution in [2.24, 2.45) is 5.73 Å². The number of nitrogens with zero attached hydrogens (tertiary/aromatic N) is 1. The Morgan fingerprint density at radius 1 is 1.39 bits per heavy atom. The van der Waals surface area contributed by atoms with Gasteiger partial charge in [0.1, 0.15) is 12.4 Å². The van der Waals surface area contributed by atoms with Gasteiger partial charge in [0.25, 0.3) is 5.69 Å². The third-order valence-electron chi connectivity index (χ3n) is 3.31. The highest BCUT2D eigenvalue weighted by Crippen LogP contribution is 2.25. The van der Waals surface area contributed by atoms with Gasteiger partial charge < -0.3 is 10.5 Å². The van der Waals surface area contributed by atoms with Crippen molar-refractivity contribution >= 4 is 5.69 Å². The third-order valence-corrected chi connectivity index (χ3v) is 3.31. The molecule has 100 valence electrons. The van der Waals surface area contributed by atoms with Gasteiger partial charge in [-0.3, -0.25) is 10.1 Å². The highest BCUT2D eigenvalue weighted by atomic mass is 16.6. The molecule has 0 radical (unpaired) electrons. The summed E-state index contributed by atoms with van der Waals surface area (Å²) < 4.78 is 5.57. The molecule has 0 heterocycles. The van der Waals surface area contributed by atoms with Crippen LogP contribution in [0.2, 0.25) is 0 Å². The summed E-state index contributed by atoms with van der Waals surface area (Å²) in [4.78, 5) is 10.4. The molecule has 0 aliphatic rings. The van der Waals surface area contributed by atoms with Crippen LogP contribution in [0.5, 0.6) is 5.75 Å². The largest absolute Gasteiger partial charge is 0.491 e. The molecule has 2 N–H and O–H groups in total. The van der Waals surface area contributed by atoms with E-state index in [0.717, 1.165) is 12.8 Å². The van der Waals surface area contributed by atoms with Gasteiger partial charge in [-0.05, 0) is 31.9 Å². The standard InChI is InChI=1S/C13H20N2O3/c1-4-13(14,5-2)9-18-11-7-6-10(3)12(8-11)15(16)17/h6-8H,4-5,9,14H2,1-3H3. The first-order chi connectivity index (χ1) is 8.41. The number of nitrogens with two attached hydrogens (primary N) is 1. The van der Waals surface area contributed by atoms with Crippen molar-refractivity contribution in [2.75, 3.05) is 6.61 Å². The fourth-order valence-electron chi connectivity index (χ4n) is 1.56. The molecular formula is C13H20N2O3. The second kappa shape index (κ2) is 5.82. The quantitative estimate of drug-likeness (QED) is 0.623. The zero-order valence-corrected chi connectivity index (χ0v) is 11.1. The number of benzene rings is 1. The maximum atomic E-state index is 10.8. The van der Waals surface area contributed by atoms with Crippen molar-refractivity contribution in [1.82, 2.24) is 0 Å². The topological polar surface area (TPSA) is 78.4 Å². The van der Waals surface area contributed by atoms with Crippen LogP contribution in [0.4, 0.5) is 5.69 Å². The van der Waals surface area contributed by atoms with E-state index in [1.165, 1.54) is 6.07 Å². The summed E-state index contributed by atoms with van der Waals surface area (Å²) in [6, 6.07) is 4.86. The number of hydrogen-bond acceptors (Lipinski definition) is 4. The van der Waals surface area contributed by atoms with Crippen LogP contribution in [0.25, 0.3) is 0 Å². The summed E-state index contributed by atoms with van der Waals surface area (Å²) in [6.45, 7) is 6.07. The van der Waals surface area contributed by atoms with Crippen LogP contribution < -0.4 is 10.5 Å². The van der Waals surface area contributed by atoms with Gasteiger partial charge >= 0.3 is 0 Å². The number of nitro groups is 1. The Balaban J connectivity index is 2.80. The van der Waals surface area contributed by atoms with E-state index in [1.54, 1.807) is 19.1 Å². The zero-order valence-electron chi connectivity index (χ0n) is 11.1. The fourth-order valence-corrected chi connectivity index (χ4v) is 1.56. The summed E-state index contributed by atoms with van der Waals surface area (Å²) in [7, 11) is 0. The van der Waals surface area contributed by atoms with Crippen LogP contribution in [0.1, 0.15) is 32.3 Å². The molecule has 1 rings (SSSR count). The fraction of sp³-hybridized carbons (Fsp3) is 0.538. The Hall–Kier alpha value is -1.62. The molecule has 0 saturated carbocycles. The van der Waals surface area contributed by atoms with Crippen LogP contribution >= 0.6 is 0 Å². The minimum Gasteiger partial charge on any atom is -0.491 e. The monoisotopic (exact) mass is 252 g/mol. The lowest BCUT2D eigenvalue weighted by Gasteiger charge is -2.26. The summed E-state index contributed by atoms with van der Waals surface area (Å²) in [5.41, 5.74) is 6.43. The van der Waals surface area contributed by atoms with E-state index in [9.17, 15) is 10.1 Å². The van der Waals surface area contributed by atoms with Gasteiger partial charge in [-0.2, -0.15) is 0 Å². The van der Waals surface area contributed by atoms with Gasteiger partial charge in [0.05, 0.1) is 11.0 Å². The van der Waals surface area contributed by atoms with Crippen molar-refractivity contribution in [3.8, 4) is 5.75 Å². The van der Waals surface area contributed by atoms with Gasteiger partial charge in [0, 0.05) is 11.1 Å². The highest BCUT2D eigenvalue weighted by molar-refractivity contribution is 5.45. The predicted molar refractivity (Wildman–Crippen MR) is 70.8 cm³/mol. The van der Waals surface area contributed by atoms with Crippen LogP contribution in [0.15, 0.2) is 18.2 Å². The average molecular weight is 252 g/mol. The van der Waals surface area contributed by atoms with Crippen molar-refractivity contribution in [3.05, 3.63) is 33.9 Å². The van der Waals surface area contributed by atoms with Crippen molar-refractivity contribution in [1.29, 1.82) is 0 Å². The maximum absolute atomic E-state index is 10.8. The molecular weight excluding hydrogens is 232 g/mol. The van der Waals surface area contributed by atoms with E-state index < -0.39 is 4.92 Å². The lowest BCUT2D eigenvalue weighted by Crippen LogP contribution is -2.44. The molecule has 0 aliphatic carbocycles. The molecule has 1 aromatic carbocycles. The number of rotatable bonds is 6. The molecule has 0 atom stereocenters. The highest BCUT2D eigenvalue weighted by Gasteiger charge is 2.21. The van der Waals surface area contributed by atoms with Gasteiger partial charge in [-0.15, -0.1) is 0 Å². The number of ether oxygens (including phenoxy) is 1. The van der Waals surface area contributed by atoms with E-state index >= 15 is 0 Å². The minimum atomic E-state index is -0.405. The van der Waals surface area contributed by atoms with E-state index in [0.29, 0.717) is 17.9 Å². The molecule has 5 nitrogen and oxygen atoms in total. The maximum Gasteiger partial charge on any atom is 0.276 e. The Morgan fingerprint density at radius 3 is 2.50 bits per heavy atom. The normalized spacial score (nSPS) is 11.3. The van der Waals surface area contributed by atoms with Crippen LogP contribution in [0.3, 0.4) is 0 Å². The molecule has 0 fully saturated rings. The molecule has 0 saturated heterocycles. The summed E-state index contributed by atoms with van der Waals surface area (Å²) in [5, 5.41) is 10.8. The van der Waals surface area contributed by atoms with Crippen LogP contribution in [0, 0.1) is 17.0 Å². The van der Waals surface area contributed by atoms with E-state index in [-0.39, 0.29) is 11.2 Å². The SMILES string of the molecule is CCC(N)(CC)COc1ccc(C)c([N+](=O)[O-])c1. The van der Waals surface area contributed by atoms with E-state index in [4.69, 9.17) is 10.5 Å². The van der Waals surface area contributed by atoms with Crippen LogP contribution in [-0.2, 0) is 0 Å².